The van der Waals surface area contributed by atoms with E-state index in [1.165, 1.54) is 50.2 Å². The van der Waals surface area contributed by atoms with E-state index in [0.717, 1.165) is 12.8 Å². The molecule has 2 fully saturated rings. The van der Waals surface area contributed by atoms with Crippen LogP contribution in [0.15, 0.2) is 30.3 Å². The predicted octanol–water partition coefficient (Wildman–Crippen LogP) is 6.77. The molecule has 2 aliphatic rings. The van der Waals surface area contributed by atoms with Crippen LogP contribution in [0.4, 0.5) is 8.78 Å². The van der Waals surface area contributed by atoms with Gasteiger partial charge < -0.3 is 0 Å². The molecular weight excluding hydrogens is 330 g/mol. The first-order chi connectivity index (χ1) is 12.0. The Balaban J connectivity index is 1.63. The van der Waals surface area contributed by atoms with Gasteiger partial charge in [-0.05, 0) is 24.7 Å². The molecule has 0 nitrogen and oxygen atoms in total. The third-order valence-corrected chi connectivity index (χ3v) is 12.4. The Morgan fingerprint density at radius 1 is 0.920 bits per heavy atom. The summed E-state index contributed by atoms with van der Waals surface area (Å²) in [5, 5.41) is 1.65. The number of hydrogen-bond acceptors (Lipinski definition) is 0. The van der Waals surface area contributed by atoms with Gasteiger partial charge in [-0.25, -0.2) is 8.78 Å². The quantitative estimate of drug-likeness (QED) is 0.386. The zero-order chi connectivity index (χ0) is 17.8. The molecule has 0 unspecified atom stereocenters. The van der Waals surface area contributed by atoms with E-state index in [2.05, 4.69) is 37.3 Å². The van der Waals surface area contributed by atoms with Crippen LogP contribution in [0.3, 0.4) is 0 Å². The second-order valence-corrected chi connectivity index (χ2v) is 13.3. The summed E-state index contributed by atoms with van der Waals surface area (Å²) in [6.45, 7) is 2.28. The molecule has 25 heavy (non-hydrogen) atoms. The summed E-state index contributed by atoms with van der Waals surface area (Å²) in [7, 11) is -1.38. The van der Waals surface area contributed by atoms with E-state index in [1.807, 2.05) is 0 Å². The second-order valence-electron chi connectivity index (χ2n) is 8.63. The molecule has 1 aromatic rings. The molecule has 1 saturated carbocycles. The average molecular weight is 365 g/mol. The number of benzene rings is 1. The minimum Gasteiger partial charge on any atom is -0.207 e. The normalized spacial score (nSPS) is 30.3. The van der Waals surface area contributed by atoms with Crippen molar-refractivity contribution in [1.29, 1.82) is 0 Å². The molecule has 1 saturated heterocycles. The van der Waals surface area contributed by atoms with Crippen molar-refractivity contribution < 1.29 is 8.78 Å². The van der Waals surface area contributed by atoms with E-state index in [0.29, 0.717) is 11.8 Å². The summed E-state index contributed by atoms with van der Waals surface area (Å²) >= 11 is 0. The molecule has 3 rings (SSSR count). The summed E-state index contributed by atoms with van der Waals surface area (Å²) in [4.78, 5) is 0. The lowest BCUT2D eigenvalue weighted by atomic mass is 9.76. The number of unbranched alkanes of at least 4 members (excludes halogenated alkanes) is 2. The zero-order valence-corrected chi connectivity index (χ0v) is 16.8. The lowest BCUT2D eigenvalue weighted by Gasteiger charge is -2.43. The zero-order valence-electron chi connectivity index (χ0n) is 15.8. The number of rotatable bonds is 6. The standard InChI is InChI=1S/C22H34F2Si/c1-2-3-7-16-25(21-8-5-4-6-9-21)17-12-20(13-18-25)19-10-14-22(23,24)15-11-19/h4-6,8-9,19-20H,2-3,7,10-18H2,1H3. The molecule has 1 aliphatic heterocycles. The maximum Gasteiger partial charge on any atom is 0.248 e. The molecule has 1 aliphatic carbocycles. The molecule has 0 radical (unpaired) electrons. The first-order valence-electron chi connectivity index (χ1n) is 10.5. The summed E-state index contributed by atoms with van der Waals surface area (Å²) in [6, 6.07) is 15.5. The third kappa shape index (κ3) is 4.72. The first-order valence-corrected chi connectivity index (χ1v) is 13.1. The first kappa shape index (κ1) is 19.1. The van der Waals surface area contributed by atoms with Crippen molar-refractivity contribution in [2.24, 2.45) is 11.8 Å². The van der Waals surface area contributed by atoms with Crippen molar-refractivity contribution in [1.82, 2.24) is 0 Å². The van der Waals surface area contributed by atoms with Crippen LogP contribution in [0, 0.1) is 11.8 Å². The van der Waals surface area contributed by atoms with Crippen LogP contribution < -0.4 is 5.19 Å². The Labute approximate surface area is 153 Å². The van der Waals surface area contributed by atoms with Gasteiger partial charge in [-0.3, -0.25) is 0 Å². The SMILES string of the molecule is CCCCC[Si]1(c2ccccc2)CCC(C2CCC(F)(F)CC2)CC1. The molecule has 0 N–H and O–H groups in total. The molecule has 0 aromatic heterocycles. The van der Waals surface area contributed by atoms with Crippen LogP contribution in [-0.4, -0.2) is 14.0 Å². The number of hydrogen-bond donors (Lipinski definition) is 0. The van der Waals surface area contributed by atoms with E-state index < -0.39 is 14.0 Å². The molecule has 0 atom stereocenters. The van der Waals surface area contributed by atoms with Gasteiger partial charge in [0.2, 0.25) is 5.92 Å². The summed E-state index contributed by atoms with van der Waals surface area (Å²) in [5.74, 6) is -1.10. The predicted molar refractivity (Wildman–Crippen MR) is 105 cm³/mol. The van der Waals surface area contributed by atoms with Crippen molar-refractivity contribution in [2.45, 2.75) is 88.8 Å². The van der Waals surface area contributed by atoms with Crippen LogP contribution in [0.25, 0.3) is 0 Å². The Morgan fingerprint density at radius 2 is 1.52 bits per heavy atom. The largest absolute Gasteiger partial charge is 0.248 e. The molecule has 0 amide bonds. The van der Waals surface area contributed by atoms with Crippen molar-refractivity contribution >= 4 is 13.3 Å². The topological polar surface area (TPSA) is 0 Å². The fourth-order valence-electron chi connectivity index (χ4n) is 5.39. The van der Waals surface area contributed by atoms with Gasteiger partial charge in [0.15, 0.2) is 0 Å². The molecule has 1 aromatic carbocycles. The van der Waals surface area contributed by atoms with Gasteiger partial charge in [0, 0.05) is 12.8 Å². The highest BCUT2D eigenvalue weighted by molar-refractivity contribution is 6.92. The Bertz CT molecular complexity index is 510. The van der Waals surface area contributed by atoms with Crippen LogP contribution in [-0.2, 0) is 0 Å². The van der Waals surface area contributed by atoms with Gasteiger partial charge in [0.1, 0.15) is 0 Å². The van der Waals surface area contributed by atoms with E-state index in [-0.39, 0.29) is 12.8 Å². The Morgan fingerprint density at radius 3 is 2.12 bits per heavy atom. The van der Waals surface area contributed by atoms with E-state index in [1.54, 1.807) is 5.19 Å². The average Bonchev–Trinajstić information content (AvgIpc) is 2.63. The summed E-state index contributed by atoms with van der Waals surface area (Å²) < 4.78 is 26.9. The van der Waals surface area contributed by atoms with Crippen LogP contribution in [0.2, 0.25) is 18.1 Å². The molecule has 0 spiro atoms. The fraction of sp³-hybridized carbons (Fsp3) is 0.727. The van der Waals surface area contributed by atoms with Gasteiger partial charge in [0.05, 0.1) is 8.07 Å². The molecule has 3 heteroatoms. The van der Waals surface area contributed by atoms with Gasteiger partial charge in [-0.15, -0.1) is 0 Å². The second kappa shape index (κ2) is 8.33. The Kier molecular flexibility index (Phi) is 6.35. The summed E-state index contributed by atoms with van der Waals surface area (Å²) in [5.41, 5.74) is 0. The van der Waals surface area contributed by atoms with Crippen molar-refractivity contribution in [3.8, 4) is 0 Å². The minimum absolute atomic E-state index is 0.131. The van der Waals surface area contributed by atoms with Gasteiger partial charge in [-0.1, -0.05) is 92.7 Å². The highest BCUT2D eigenvalue weighted by atomic mass is 28.3. The smallest absolute Gasteiger partial charge is 0.207 e. The van der Waals surface area contributed by atoms with Crippen LogP contribution >= 0.6 is 0 Å². The van der Waals surface area contributed by atoms with Crippen molar-refractivity contribution in [2.75, 3.05) is 0 Å². The van der Waals surface area contributed by atoms with Gasteiger partial charge in [0.25, 0.3) is 0 Å². The van der Waals surface area contributed by atoms with Crippen LogP contribution in [0.5, 0.6) is 0 Å². The lowest BCUT2D eigenvalue weighted by Crippen LogP contribution is -2.50. The van der Waals surface area contributed by atoms with E-state index in [9.17, 15) is 8.78 Å². The van der Waals surface area contributed by atoms with Gasteiger partial charge >= 0.3 is 0 Å². The van der Waals surface area contributed by atoms with E-state index >= 15 is 0 Å². The third-order valence-electron chi connectivity index (χ3n) is 7.06. The van der Waals surface area contributed by atoms with Crippen LogP contribution in [0.1, 0.15) is 64.7 Å². The summed E-state index contributed by atoms with van der Waals surface area (Å²) in [6.07, 6.45) is 8.38. The fourth-order valence-corrected chi connectivity index (χ4v) is 10.7. The highest BCUT2D eigenvalue weighted by Gasteiger charge is 2.43. The van der Waals surface area contributed by atoms with Crippen molar-refractivity contribution in [3.63, 3.8) is 0 Å². The van der Waals surface area contributed by atoms with E-state index in [4.69, 9.17) is 0 Å². The van der Waals surface area contributed by atoms with Gasteiger partial charge in [-0.2, -0.15) is 0 Å². The Hall–Kier alpha value is -0.703. The monoisotopic (exact) mass is 364 g/mol. The molecule has 140 valence electrons. The number of halogens is 2. The minimum atomic E-state index is -2.38. The molecule has 0 bridgehead atoms. The van der Waals surface area contributed by atoms with Crippen molar-refractivity contribution in [3.05, 3.63) is 30.3 Å². The highest BCUT2D eigenvalue weighted by Crippen LogP contribution is 2.46. The lowest BCUT2D eigenvalue weighted by molar-refractivity contribution is -0.0529. The maximum absolute atomic E-state index is 13.5. The molecule has 1 heterocycles. The molecular formula is C22H34F2Si. The maximum atomic E-state index is 13.5. The number of alkyl halides is 2.